The number of carboxylic acids is 1. The van der Waals surface area contributed by atoms with Crippen molar-refractivity contribution in [3.63, 3.8) is 0 Å². The van der Waals surface area contributed by atoms with E-state index >= 15 is 0 Å². The van der Waals surface area contributed by atoms with Gasteiger partial charge >= 0.3 is 5.97 Å². The van der Waals surface area contributed by atoms with Crippen LogP contribution in [0.3, 0.4) is 0 Å². The van der Waals surface area contributed by atoms with Crippen molar-refractivity contribution in [1.29, 1.82) is 0 Å². The zero-order valence-electron chi connectivity index (χ0n) is 16.1. The first-order valence-corrected chi connectivity index (χ1v) is 9.31. The number of nitrogens with one attached hydrogen (secondary N) is 1. The van der Waals surface area contributed by atoms with Crippen molar-refractivity contribution in [2.24, 2.45) is 0 Å². The third-order valence-electron chi connectivity index (χ3n) is 4.61. The summed E-state index contributed by atoms with van der Waals surface area (Å²) in [6.07, 6.45) is 1.44. The van der Waals surface area contributed by atoms with Crippen LogP contribution in [0.5, 0.6) is 5.75 Å². The van der Waals surface area contributed by atoms with Crippen molar-refractivity contribution in [3.05, 3.63) is 96.8 Å². The molecule has 6 heteroatoms. The van der Waals surface area contributed by atoms with E-state index in [4.69, 9.17) is 9.84 Å². The lowest BCUT2D eigenvalue weighted by molar-refractivity contribution is -0.130. The number of carboxylic acid groups (broad SMARTS) is 1. The van der Waals surface area contributed by atoms with Crippen LogP contribution in [-0.2, 0) is 11.4 Å². The molecule has 6 nitrogen and oxygen atoms in total. The summed E-state index contributed by atoms with van der Waals surface area (Å²) < 4.78 is 5.81. The predicted octanol–water partition coefficient (Wildman–Crippen LogP) is 5.05. The normalized spacial score (nSPS) is 10.5. The molecule has 1 aromatic heterocycles. The van der Waals surface area contributed by atoms with Crippen molar-refractivity contribution in [2.45, 2.75) is 6.61 Å². The van der Waals surface area contributed by atoms with Gasteiger partial charge < -0.3 is 15.2 Å². The molecule has 0 atom stereocenters. The molecule has 4 rings (SSSR count). The van der Waals surface area contributed by atoms with Crippen LogP contribution in [0.2, 0.25) is 0 Å². The Morgan fingerprint density at radius 3 is 2.50 bits per heavy atom. The van der Waals surface area contributed by atoms with Crippen LogP contribution < -0.4 is 10.1 Å². The number of aromatic nitrogens is 2. The van der Waals surface area contributed by atoms with Gasteiger partial charge in [0.05, 0.1) is 11.1 Å². The van der Waals surface area contributed by atoms with Gasteiger partial charge in [0.1, 0.15) is 24.5 Å². The van der Waals surface area contributed by atoms with Gasteiger partial charge in [-0.15, -0.1) is 0 Å². The van der Waals surface area contributed by atoms with Gasteiger partial charge in [0.25, 0.3) is 0 Å². The first-order valence-electron chi connectivity index (χ1n) is 9.31. The molecule has 0 aliphatic heterocycles. The van der Waals surface area contributed by atoms with E-state index in [2.05, 4.69) is 21.9 Å². The molecule has 1 heterocycles. The molecule has 2 N–H and O–H groups in total. The zero-order chi connectivity index (χ0) is 20.9. The molecule has 0 bridgehead atoms. The minimum absolute atomic E-state index is 0.0242. The fourth-order valence-electron chi connectivity index (χ4n) is 2.98. The van der Waals surface area contributed by atoms with E-state index in [0.717, 1.165) is 22.4 Å². The van der Waals surface area contributed by atoms with E-state index in [0.29, 0.717) is 23.5 Å². The Labute approximate surface area is 173 Å². The Balaban J connectivity index is 1.49. The minimum Gasteiger partial charge on any atom is -0.489 e. The highest BCUT2D eigenvalue weighted by atomic mass is 16.5. The second-order valence-electron chi connectivity index (χ2n) is 6.66. The Bertz CT molecular complexity index is 1210. The number of fused-ring (bicyclic) bond motifs is 1. The topological polar surface area (TPSA) is 84.3 Å². The maximum atomic E-state index is 11.1. The average molecular weight is 397 g/mol. The van der Waals surface area contributed by atoms with Gasteiger partial charge in [-0.3, -0.25) is 0 Å². The average Bonchev–Trinajstić information content (AvgIpc) is 2.78. The first-order chi connectivity index (χ1) is 14.6. The van der Waals surface area contributed by atoms with Gasteiger partial charge in [-0.2, -0.15) is 0 Å². The summed E-state index contributed by atoms with van der Waals surface area (Å²) in [6, 6.07) is 22.8. The maximum Gasteiger partial charge on any atom is 0.335 e. The van der Waals surface area contributed by atoms with E-state index in [1.165, 1.54) is 6.33 Å². The van der Waals surface area contributed by atoms with Crippen LogP contribution in [0.4, 0.5) is 11.5 Å². The molecule has 0 saturated carbocycles. The summed E-state index contributed by atoms with van der Waals surface area (Å²) in [5, 5.41) is 13.2. The maximum absolute atomic E-state index is 11.1. The molecule has 0 spiro atoms. The fourth-order valence-corrected chi connectivity index (χ4v) is 2.98. The standard InChI is InChI=1S/C24H19N3O3/c1-16(24(28)29)18-7-12-21-22(13-18)25-15-26-23(21)27-19-8-10-20(11-9-19)30-14-17-5-3-2-4-6-17/h2-13,15H,1,14H2,(H,28,29)(H,25,26,27). The van der Waals surface area contributed by atoms with Crippen LogP contribution in [0.25, 0.3) is 16.5 Å². The van der Waals surface area contributed by atoms with E-state index in [9.17, 15) is 4.79 Å². The molecular formula is C24H19N3O3. The monoisotopic (exact) mass is 397 g/mol. The molecule has 3 aromatic carbocycles. The lowest BCUT2D eigenvalue weighted by atomic mass is 10.1. The van der Waals surface area contributed by atoms with Crippen molar-refractivity contribution in [2.75, 3.05) is 5.32 Å². The number of hydrogen-bond acceptors (Lipinski definition) is 5. The van der Waals surface area contributed by atoms with E-state index in [1.807, 2.05) is 54.6 Å². The highest BCUT2D eigenvalue weighted by molar-refractivity contribution is 6.15. The first kappa shape index (κ1) is 19.1. The summed E-state index contributed by atoms with van der Waals surface area (Å²) in [4.78, 5) is 19.7. The third kappa shape index (κ3) is 4.28. The van der Waals surface area contributed by atoms with Crippen LogP contribution in [0.15, 0.2) is 85.7 Å². The molecule has 4 aromatic rings. The molecule has 0 aliphatic carbocycles. The number of ether oxygens (including phenoxy) is 1. The lowest BCUT2D eigenvalue weighted by Gasteiger charge is -2.11. The van der Waals surface area contributed by atoms with Crippen LogP contribution >= 0.6 is 0 Å². The Hall–Kier alpha value is -4.19. The van der Waals surface area contributed by atoms with Gasteiger partial charge in [-0.25, -0.2) is 14.8 Å². The molecule has 0 aliphatic rings. The van der Waals surface area contributed by atoms with Gasteiger partial charge in [-0.1, -0.05) is 43.0 Å². The summed E-state index contributed by atoms with van der Waals surface area (Å²) >= 11 is 0. The van der Waals surface area contributed by atoms with Crippen LogP contribution in [0.1, 0.15) is 11.1 Å². The second-order valence-corrected chi connectivity index (χ2v) is 6.66. The number of carbonyl (C=O) groups is 1. The van der Waals surface area contributed by atoms with Crippen LogP contribution in [0, 0.1) is 0 Å². The molecule has 0 saturated heterocycles. The Kier molecular flexibility index (Phi) is 5.39. The highest BCUT2D eigenvalue weighted by Gasteiger charge is 2.10. The largest absolute Gasteiger partial charge is 0.489 e. The van der Waals surface area contributed by atoms with Crippen LogP contribution in [-0.4, -0.2) is 21.0 Å². The molecule has 0 unspecified atom stereocenters. The molecular weight excluding hydrogens is 378 g/mol. The quantitative estimate of drug-likeness (QED) is 0.425. The van der Waals surface area contributed by atoms with Gasteiger partial charge in [0, 0.05) is 11.1 Å². The molecule has 0 amide bonds. The number of rotatable bonds is 7. The number of anilines is 2. The zero-order valence-corrected chi connectivity index (χ0v) is 16.1. The third-order valence-corrected chi connectivity index (χ3v) is 4.61. The summed E-state index contributed by atoms with van der Waals surface area (Å²) in [5.41, 5.74) is 3.13. The van der Waals surface area contributed by atoms with Crippen molar-refractivity contribution in [3.8, 4) is 5.75 Å². The van der Waals surface area contributed by atoms with E-state index in [-0.39, 0.29) is 5.57 Å². The van der Waals surface area contributed by atoms with E-state index in [1.54, 1.807) is 18.2 Å². The summed E-state index contributed by atoms with van der Waals surface area (Å²) in [5.74, 6) is 0.343. The summed E-state index contributed by atoms with van der Waals surface area (Å²) in [6.45, 7) is 4.10. The number of hydrogen-bond donors (Lipinski definition) is 2. The van der Waals surface area contributed by atoms with Crippen molar-refractivity contribution >= 4 is 34.0 Å². The summed E-state index contributed by atoms with van der Waals surface area (Å²) in [7, 11) is 0. The minimum atomic E-state index is -1.06. The number of nitrogens with zero attached hydrogens (tertiary/aromatic N) is 2. The fraction of sp³-hybridized carbons (Fsp3) is 0.0417. The highest BCUT2D eigenvalue weighted by Crippen LogP contribution is 2.26. The van der Waals surface area contributed by atoms with E-state index < -0.39 is 5.97 Å². The molecule has 148 valence electrons. The van der Waals surface area contributed by atoms with Crippen molar-refractivity contribution in [1.82, 2.24) is 9.97 Å². The van der Waals surface area contributed by atoms with Gasteiger partial charge in [0.15, 0.2) is 0 Å². The molecule has 0 fully saturated rings. The molecule has 30 heavy (non-hydrogen) atoms. The second kappa shape index (κ2) is 8.45. The smallest absolute Gasteiger partial charge is 0.335 e. The lowest BCUT2D eigenvalue weighted by Crippen LogP contribution is -2.00. The predicted molar refractivity (Wildman–Crippen MR) is 117 cm³/mol. The van der Waals surface area contributed by atoms with Gasteiger partial charge in [0.2, 0.25) is 0 Å². The Morgan fingerprint density at radius 2 is 1.77 bits per heavy atom. The van der Waals surface area contributed by atoms with Gasteiger partial charge in [-0.05, 0) is 47.5 Å². The SMILES string of the molecule is C=C(C(=O)O)c1ccc2c(Nc3ccc(OCc4ccccc4)cc3)ncnc2c1. The number of aliphatic carboxylic acids is 1. The molecule has 0 radical (unpaired) electrons. The number of benzene rings is 3. The Morgan fingerprint density at radius 1 is 1.00 bits per heavy atom. The van der Waals surface area contributed by atoms with Crippen molar-refractivity contribution < 1.29 is 14.6 Å².